The fourth-order valence-electron chi connectivity index (χ4n) is 2.12. The largest absolute Gasteiger partial charge is 0.474 e. The first-order chi connectivity index (χ1) is 9.65. The molecule has 2 heterocycles. The minimum absolute atomic E-state index is 0.181. The standard InChI is InChI=1S/C15H23ClN2O2/c1-11(2)7-17-8-12-6-14(16)15(18-9-12)20-10-13-4-3-5-19-13/h6,9,11,13,17H,3-5,7-8,10H2,1-2H3. The van der Waals surface area contributed by atoms with Gasteiger partial charge in [0.05, 0.1) is 6.10 Å². The van der Waals surface area contributed by atoms with Crippen molar-refractivity contribution >= 4 is 11.6 Å². The van der Waals surface area contributed by atoms with Gasteiger partial charge in [0.1, 0.15) is 11.6 Å². The van der Waals surface area contributed by atoms with Crippen molar-refractivity contribution in [3.63, 3.8) is 0 Å². The van der Waals surface area contributed by atoms with Crippen LogP contribution in [0, 0.1) is 5.92 Å². The fraction of sp³-hybridized carbons (Fsp3) is 0.667. The van der Waals surface area contributed by atoms with E-state index in [0.717, 1.165) is 38.1 Å². The third-order valence-corrected chi connectivity index (χ3v) is 3.45. The second-order valence-corrected chi connectivity index (χ2v) is 6.01. The summed E-state index contributed by atoms with van der Waals surface area (Å²) in [5.41, 5.74) is 1.07. The van der Waals surface area contributed by atoms with Crippen molar-refractivity contribution < 1.29 is 9.47 Å². The highest BCUT2D eigenvalue weighted by molar-refractivity contribution is 6.31. The highest BCUT2D eigenvalue weighted by Gasteiger charge is 2.17. The summed E-state index contributed by atoms with van der Waals surface area (Å²) in [6.45, 7) is 7.47. The van der Waals surface area contributed by atoms with Gasteiger partial charge < -0.3 is 14.8 Å². The number of ether oxygens (including phenoxy) is 2. The summed E-state index contributed by atoms with van der Waals surface area (Å²) >= 11 is 6.20. The minimum atomic E-state index is 0.181. The molecule has 4 nitrogen and oxygen atoms in total. The molecule has 0 radical (unpaired) electrons. The summed E-state index contributed by atoms with van der Waals surface area (Å²) < 4.78 is 11.1. The van der Waals surface area contributed by atoms with Crippen molar-refractivity contribution in [2.75, 3.05) is 19.8 Å². The third kappa shape index (κ3) is 4.93. The van der Waals surface area contributed by atoms with E-state index < -0.39 is 0 Å². The van der Waals surface area contributed by atoms with Crippen LogP contribution in [0.1, 0.15) is 32.3 Å². The van der Waals surface area contributed by atoms with Gasteiger partial charge in [0.15, 0.2) is 0 Å². The zero-order chi connectivity index (χ0) is 14.4. The average molecular weight is 299 g/mol. The molecule has 0 bridgehead atoms. The van der Waals surface area contributed by atoms with Crippen molar-refractivity contribution in [2.45, 2.75) is 39.3 Å². The number of aromatic nitrogens is 1. The van der Waals surface area contributed by atoms with Crippen LogP contribution in [-0.4, -0.2) is 30.8 Å². The van der Waals surface area contributed by atoms with E-state index in [1.807, 2.05) is 12.3 Å². The van der Waals surface area contributed by atoms with Crippen molar-refractivity contribution in [3.8, 4) is 5.88 Å². The van der Waals surface area contributed by atoms with Gasteiger partial charge in [-0.2, -0.15) is 0 Å². The molecule has 1 atom stereocenters. The van der Waals surface area contributed by atoms with Gasteiger partial charge >= 0.3 is 0 Å². The third-order valence-electron chi connectivity index (χ3n) is 3.18. The van der Waals surface area contributed by atoms with E-state index in [0.29, 0.717) is 23.4 Å². The molecule has 112 valence electrons. The molecule has 5 heteroatoms. The van der Waals surface area contributed by atoms with Gasteiger partial charge in [-0.3, -0.25) is 0 Å². The molecular weight excluding hydrogens is 276 g/mol. The quantitative estimate of drug-likeness (QED) is 0.840. The van der Waals surface area contributed by atoms with Crippen molar-refractivity contribution in [2.24, 2.45) is 5.92 Å². The maximum absolute atomic E-state index is 6.20. The summed E-state index contributed by atoms with van der Waals surface area (Å²) in [6.07, 6.45) is 4.15. The maximum atomic E-state index is 6.20. The molecular formula is C15H23ClN2O2. The predicted molar refractivity (Wildman–Crippen MR) is 80.3 cm³/mol. The van der Waals surface area contributed by atoms with Crippen LogP contribution in [0.3, 0.4) is 0 Å². The molecule has 0 aliphatic carbocycles. The lowest BCUT2D eigenvalue weighted by Crippen LogP contribution is -2.19. The molecule has 0 spiro atoms. The van der Waals surface area contributed by atoms with Crippen LogP contribution in [0.15, 0.2) is 12.3 Å². The summed E-state index contributed by atoms with van der Waals surface area (Å²) in [7, 11) is 0. The number of nitrogens with zero attached hydrogens (tertiary/aromatic N) is 1. The molecule has 0 amide bonds. The van der Waals surface area contributed by atoms with E-state index in [4.69, 9.17) is 21.1 Å². The number of hydrogen-bond acceptors (Lipinski definition) is 4. The molecule has 0 aromatic carbocycles. The number of nitrogens with one attached hydrogen (secondary N) is 1. The zero-order valence-corrected chi connectivity index (χ0v) is 12.9. The van der Waals surface area contributed by atoms with Crippen LogP contribution in [-0.2, 0) is 11.3 Å². The fourth-order valence-corrected chi connectivity index (χ4v) is 2.36. The molecule has 1 aromatic rings. The summed E-state index contributed by atoms with van der Waals surface area (Å²) in [6, 6.07) is 1.91. The van der Waals surface area contributed by atoms with Crippen molar-refractivity contribution in [1.29, 1.82) is 0 Å². The summed E-state index contributed by atoms with van der Waals surface area (Å²) in [5, 5.41) is 3.93. The number of hydrogen-bond donors (Lipinski definition) is 1. The Morgan fingerprint density at radius 2 is 2.40 bits per heavy atom. The normalized spacial score (nSPS) is 18.7. The van der Waals surface area contributed by atoms with E-state index in [1.165, 1.54) is 0 Å². The van der Waals surface area contributed by atoms with E-state index in [1.54, 1.807) is 0 Å². The van der Waals surface area contributed by atoms with Gasteiger partial charge in [0.2, 0.25) is 5.88 Å². The number of rotatable bonds is 7. The summed E-state index contributed by atoms with van der Waals surface area (Å²) in [4.78, 5) is 4.29. The first-order valence-corrected chi connectivity index (χ1v) is 7.62. The first kappa shape index (κ1) is 15.5. The Morgan fingerprint density at radius 1 is 1.55 bits per heavy atom. The molecule has 0 saturated carbocycles. The van der Waals surface area contributed by atoms with Gasteiger partial charge in [-0.1, -0.05) is 25.4 Å². The molecule has 1 fully saturated rings. The smallest absolute Gasteiger partial charge is 0.232 e. The van der Waals surface area contributed by atoms with E-state index in [9.17, 15) is 0 Å². The van der Waals surface area contributed by atoms with Crippen LogP contribution in [0.5, 0.6) is 5.88 Å². The van der Waals surface area contributed by atoms with Gasteiger partial charge in [-0.25, -0.2) is 4.98 Å². The number of pyridine rings is 1. The van der Waals surface area contributed by atoms with Crippen LogP contribution >= 0.6 is 11.6 Å². The maximum Gasteiger partial charge on any atom is 0.232 e. The van der Waals surface area contributed by atoms with Crippen LogP contribution in [0.4, 0.5) is 0 Å². The van der Waals surface area contributed by atoms with Gasteiger partial charge in [-0.15, -0.1) is 0 Å². The Hall–Kier alpha value is -0.840. The Labute approximate surface area is 125 Å². The molecule has 20 heavy (non-hydrogen) atoms. The Morgan fingerprint density at radius 3 is 3.05 bits per heavy atom. The van der Waals surface area contributed by atoms with Crippen LogP contribution in [0.25, 0.3) is 0 Å². The summed E-state index contributed by atoms with van der Waals surface area (Å²) in [5.74, 6) is 1.13. The zero-order valence-electron chi connectivity index (χ0n) is 12.2. The molecule has 2 rings (SSSR count). The van der Waals surface area contributed by atoms with E-state index in [-0.39, 0.29) is 6.10 Å². The Bertz CT molecular complexity index is 420. The SMILES string of the molecule is CC(C)CNCc1cnc(OCC2CCCO2)c(Cl)c1. The molecule has 1 aliphatic rings. The molecule has 1 N–H and O–H groups in total. The van der Waals surface area contributed by atoms with E-state index >= 15 is 0 Å². The average Bonchev–Trinajstić information content (AvgIpc) is 2.90. The van der Waals surface area contributed by atoms with Gasteiger partial charge in [-0.05, 0) is 36.9 Å². The lowest BCUT2D eigenvalue weighted by molar-refractivity contribution is 0.0664. The molecule has 1 aliphatic heterocycles. The Balaban J connectivity index is 1.81. The Kier molecular flexibility index (Phi) is 6.07. The lowest BCUT2D eigenvalue weighted by atomic mass is 10.2. The van der Waals surface area contributed by atoms with Crippen LogP contribution in [0.2, 0.25) is 5.02 Å². The highest BCUT2D eigenvalue weighted by Crippen LogP contribution is 2.23. The van der Waals surface area contributed by atoms with Crippen LogP contribution < -0.4 is 10.1 Å². The molecule has 1 unspecified atom stereocenters. The second kappa shape index (κ2) is 7.81. The second-order valence-electron chi connectivity index (χ2n) is 5.60. The monoisotopic (exact) mass is 298 g/mol. The van der Waals surface area contributed by atoms with Crippen molar-refractivity contribution in [3.05, 3.63) is 22.8 Å². The lowest BCUT2D eigenvalue weighted by Gasteiger charge is -2.12. The number of halogens is 1. The molecule has 1 aromatic heterocycles. The minimum Gasteiger partial charge on any atom is -0.474 e. The van der Waals surface area contributed by atoms with Gasteiger partial charge in [0, 0.05) is 19.3 Å². The predicted octanol–water partition coefficient (Wildman–Crippen LogP) is 3.04. The van der Waals surface area contributed by atoms with Crippen molar-refractivity contribution in [1.82, 2.24) is 10.3 Å². The van der Waals surface area contributed by atoms with Gasteiger partial charge in [0.25, 0.3) is 0 Å². The van der Waals surface area contributed by atoms with E-state index in [2.05, 4.69) is 24.1 Å². The highest BCUT2D eigenvalue weighted by atomic mass is 35.5. The first-order valence-electron chi connectivity index (χ1n) is 7.24. The topological polar surface area (TPSA) is 43.4 Å². The molecule has 1 saturated heterocycles.